The molecule has 0 atom stereocenters. The van der Waals surface area contributed by atoms with E-state index in [9.17, 15) is 0 Å². The Balaban J connectivity index is 2.30. The molecule has 0 radical (unpaired) electrons. The lowest BCUT2D eigenvalue weighted by molar-refractivity contribution is 0.961. The van der Waals surface area contributed by atoms with Crippen LogP contribution in [0.2, 0.25) is 0 Å². The summed E-state index contributed by atoms with van der Waals surface area (Å²) < 4.78 is 0. The van der Waals surface area contributed by atoms with Gasteiger partial charge in [0.25, 0.3) is 0 Å². The quantitative estimate of drug-likeness (QED) is 0.486. The number of allylic oxidation sites excluding steroid dienone is 3. The van der Waals surface area contributed by atoms with Crippen molar-refractivity contribution in [3.63, 3.8) is 0 Å². The van der Waals surface area contributed by atoms with Crippen molar-refractivity contribution < 1.29 is 0 Å². The van der Waals surface area contributed by atoms with Crippen molar-refractivity contribution in [2.75, 3.05) is 6.54 Å². The van der Waals surface area contributed by atoms with Crippen LogP contribution in [0, 0.1) is 0 Å². The highest BCUT2D eigenvalue weighted by Crippen LogP contribution is 1.98. The maximum Gasteiger partial charge on any atom is 0.0419 e. The Labute approximate surface area is 74.9 Å². The molecule has 0 bridgehead atoms. The summed E-state index contributed by atoms with van der Waals surface area (Å²) in [6, 6.07) is 0. The first-order valence-electron chi connectivity index (χ1n) is 4.78. The Morgan fingerprint density at radius 3 is 2.00 bits per heavy atom. The van der Waals surface area contributed by atoms with Crippen molar-refractivity contribution in [3.05, 3.63) is 24.3 Å². The summed E-state index contributed by atoms with van der Waals surface area (Å²) in [4.78, 5) is 4.29. The predicted molar refractivity (Wildman–Crippen MR) is 54.7 cm³/mol. The molecule has 1 rings (SSSR count). The van der Waals surface area contributed by atoms with Gasteiger partial charge in [0, 0.05) is 6.54 Å². The van der Waals surface area contributed by atoms with E-state index in [2.05, 4.69) is 29.3 Å². The first-order valence-corrected chi connectivity index (χ1v) is 4.78. The molecule has 0 aromatic rings. The monoisotopic (exact) mass is 163 g/mol. The normalized spacial score (nSPS) is 22.7. The van der Waals surface area contributed by atoms with Crippen LogP contribution in [0.15, 0.2) is 29.3 Å². The molecule has 0 aromatic carbocycles. The molecule has 0 N–H and O–H groups in total. The van der Waals surface area contributed by atoms with E-state index in [0.717, 1.165) is 25.8 Å². The second kappa shape index (κ2) is 6.84. The Morgan fingerprint density at radius 1 is 0.667 bits per heavy atom. The van der Waals surface area contributed by atoms with Gasteiger partial charge in [0.15, 0.2) is 0 Å². The smallest absolute Gasteiger partial charge is 0.0419 e. The summed E-state index contributed by atoms with van der Waals surface area (Å²) in [7, 11) is 0. The number of rotatable bonds is 0. The Morgan fingerprint density at radius 2 is 1.25 bits per heavy atom. The van der Waals surface area contributed by atoms with Gasteiger partial charge in [-0.15, -0.1) is 0 Å². The fourth-order valence-electron chi connectivity index (χ4n) is 1.17. The van der Waals surface area contributed by atoms with Gasteiger partial charge in [-0.05, 0) is 38.3 Å². The molecule has 1 nitrogen and oxygen atoms in total. The van der Waals surface area contributed by atoms with Crippen molar-refractivity contribution >= 4 is 6.21 Å². The van der Waals surface area contributed by atoms with Crippen molar-refractivity contribution in [2.24, 2.45) is 4.99 Å². The summed E-state index contributed by atoms with van der Waals surface area (Å²) >= 11 is 0. The molecule has 0 aromatic heterocycles. The lowest BCUT2D eigenvalue weighted by Crippen LogP contribution is -1.81. The zero-order valence-electron chi connectivity index (χ0n) is 7.58. The minimum Gasteiger partial charge on any atom is -0.297 e. The number of aliphatic imine (C=N–C) groups is 1. The molecule has 0 saturated carbocycles. The highest BCUT2D eigenvalue weighted by molar-refractivity contribution is 5.57. The number of hydrogen-bond acceptors (Lipinski definition) is 1. The van der Waals surface area contributed by atoms with Crippen LogP contribution in [-0.2, 0) is 0 Å². The molecule has 0 amide bonds. The fourth-order valence-corrected chi connectivity index (χ4v) is 1.17. The first kappa shape index (κ1) is 9.24. The highest BCUT2D eigenvalue weighted by Gasteiger charge is 1.82. The molecule has 0 unspecified atom stereocenters. The van der Waals surface area contributed by atoms with Crippen molar-refractivity contribution in [1.29, 1.82) is 0 Å². The van der Waals surface area contributed by atoms with Crippen LogP contribution in [0.25, 0.3) is 0 Å². The zero-order chi connectivity index (χ0) is 8.49. The topological polar surface area (TPSA) is 12.4 Å². The van der Waals surface area contributed by atoms with Crippen molar-refractivity contribution in [1.82, 2.24) is 0 Å². The Hall–Kier alpha value is -0.850. The first-order chi connectivity index (χ1) is 6.00. The maximum atomic E-state index is 4.29. The highest BCUT2D eigenvalue weighted by atomic mass is 14.7. The minimum atomic E-state index is 0.959. The van der Waals surface area contributed by atoms with E-state index in [4.69, 9.17) is 0 Å². The lowest BCUT2D eigenvalue weighted by atomic mass is 10.2. The van der Waals surface area contributed by atoms with Gasteiger partial charge in [0.2, 0.25) is 0 Å². The second-order valence-corrected chi connectivity index (χ2v) is 2.97. The third kappa shape index (κ3) is 4.89. The summed E-state index contributed by atoms with van der Waals surface area (Å²) in [6.45, 7) is 0.959. The molecule has 0 spiro atoms. The molecule has 66 valence electrons. The van der Waals surface area contributed by atoms with Crippen LogP contribution in [0.1, 0.15) is 32.1 Å². The molecular weight excluding hydrogens is 146 g/mol. The van der Waals surface area contributed by atoms with Gasteiger partial charge in [-0.25, -0.2) is 0 Å². The fraction of sp³-hybridized carbons (Fsp3) is 0.545. The van der Waals surface area contributed by atoms with Gasteiger partial charge in [0.05, 0.1) is 0 Å². The van der Waals surface area contributed by atoms with Gasteiger partial charge in [-0.2, -0.15) is 0 Å². The lowest BCUT2D eigenvalue weighted by Gasteiger charge is -1.92. The molecule has 0 saturated heterocycles. The van der Waals surface area contributed by atoms with Gasteiger partial charge in [-0.1, -0.05) is 24.3 Å². The average molecular weight is 163 g/mol. The molecule has 12 heavy (non-hydrogen) atoms. The molecule has 0 fully saturated rings. The SMILES string of the molecule is C1=CCC/C=C/CCN=CCC1. The van der Waals surface area contributed by atoms with E-state index in [1.807, 2.05) is 6.21 Å². The molecule has 0 aliphatic carbocycles. The van der Waals surface area contributed by atoms with Crippen LogP contribution in [-0.4, -0.2) is 12.8 Å². The van der Waals surface area contributed by atoms with Crippen LogP contribution < -0.4 is 0 Å². The van der Waals surface area contributed by atoms with E-state index >= 15 is 0 Å². The molecular formula is C11H17N. The summed E-state index contributed by atoms with van der Waals surface area (Å²) in [5.41, 5.74) is 0. The van der Waals surface area contributed by atoms with Crippen molar-refractivity contribution in [2.45, 2.75) is 32.1 Å². The maximum absolute atomic E-state index is 4.29. The predicted octanol–water partition coefficient (Wildman–Crippen LogP) is 3.13. The van der Waals surface area contributed by atoms with Gasteiger partial charge in [0.1, 0.15) is 0 Å². The standard InChI is InChI=1S/C11H17N/c1-2-4-6-8-10-12-11-9-7-5-3-1/h2,4-5,7,10H,1,3,6,8-9,11H2/b4-2?,7-5+,12-10?. The van der Waals surface area contributed by atoms with Gasteiger partial charge >= 0.3 is 0 Å². The Kier molecular flexibility index (Phi) is 5.26. The van der Waals surface area contributed by atoms with E-state index in [-0.39, 0.29) is 0 Å². The summed E-state index contributed by atoms with van der Waals surface area (Å²) in [6.07, 6.45) is 16.7. The van der Waals surface area contributed by atoms with E-state index in [0.29, 0.717) is 0 Å². The van der Waals surface area contributed by atoms with Crippen LogP contribution in [0.5, 0.6) is 0 Å². The van der Waals surface area contributed by atoms with E-state index < -0.39 is 0 Å². The Bertz CT molecular complexity index is 126. The van der Waals surface area contributed by atoms with Gasteiger partial charge in [-0.3, -0.25) is 4.99 Å². The van der Waals surface area contributed by atoms with Crippen molar-refractivity contribution in [3.8, 4) is 0 Å². The van der Waals surface area contributed by atoms with Crippen LogP contribution in [0.4, 0.5) is 0 Å². The van der Waals surface area contributed by atoms with Gasteiger partial charge < -0.3 is 0 Å². The molecule has 1 heterocycles. The average Bonchev–Trinajstić information content (AvgIpc) is 2.05. The third-order valence-corrected chi connectivity index (χ3v) is 1.85. The van der Waals surface area contributed by atoms with E-state index in [1.165, 1.54) is 12.8 Å². The number of hydrogen-bond donors (Lipinski definition) is 0. The van der Waals surface area contributed by atoms with E-state index in [1.54, 1.807) is 0 Å². The second-order valence-electron chi connectivity index (χ2n) is 2.97. The number of nitrogens with zero attached hydrogens (tertiary/aromatic N) is 1. The summed E-state index contributed by atoms with van der Waals surface area (Å²) in [5, 5.41) is 0. The molecule has 1 aliphatic heterocycles. The zero-order valence-corrected chi connectivity index (χ0v) is 7.58. The molecule has 1 aliphatic rings. The minimum absolute atomic E-state index is 0.959. The third-order valence-electron chi connectivity index (χ3n) is 1.85. The van der Waals surface area contributed by atoms with Crippen LogP contribution in [0.3, 0.4) is 0 Å². The molecule has 1 heteroatoms. The largest absolute Gasteiger partial charge is 0.297 e. The summed E-state index contributed by atoms with van der Waals surface area (Å²) in [5.74, 6) is 0. The van der Waals surface area contributed by atoms with Crippen LogP contribution >= 0.6 is 0 Å².